The molecule has 0 unspecified atom stereocenters. The second-order valence-electron chi connectivity index (χ2n) is 12.4. The highest BCUT2D eigenvalue weighted by atomic mass is 32.1. The molecule has 6 heteroatoms. The highest BCUT2D eigenvalue weighted by molar-refractivity contribution is 7.25. The molecule has 0 bridgehead atoms. The molecule has 4 heterocycles. The third kappa shape index (κ3) is 4.37. The summed E-state index contributed by atoms with van der Waals surface area (Å²) in [5.41, 5.74) is 6.02. The summed E-state index contributed by atoms with van der Waals surface area (Å²) in [4.78, 5) is 14.7. The molecule has 51 heavy (non-hydrogen) atoms. The van der Waals surface area contributed by atoms with E-state index in [1.165, 1.54) is 10.8 Å². The van der Waals surface area contributed by atoms with E-state index in [0.29, 0.717) is 28.4 Å². The minimum absolute atomic E-state index is 0.0135. The Morgan fingerprint density at radius 2 is 1.10 bits per heavy atom. The van der Waals surface area contributed by atoms with Gasteiger partial charge in [0.25, 0.3) is 0 Å². The fourth-order valence-electron chi connectivity index (χ4n) is 7.29. The van der Waals surface area contributed by atoms with Crippen molar-refractivity contribution in [2.75, 3.05) is 0 Å². The highest BCUT2D eigenvalue weighted by Crippen LogP contribution is 2.42. The lowest BCUT2D eigenvalue weighted by Gasteiger charge is -2.11. The Morgan fingerprint density at radius 3 is 1.84 bits per heavy atom. The van der Waals surface area contributed by atoms with E-state index in [1.807, 2.05) is 48.5 Å². The number of hydrogen-bond donors (Lipinski definition) is 0. The minimum Gasteiger partial charge on any atom is -0.456 e. The molecule has 0 saturated heterocycles. The maximum atomic E-state index is 8.80. The van der Waals surface area contributed by atoms with Crippen molar-refractivity contribution >= 4 is 75.3 Å². The van der Waals surface area contributed by atoms with Crippen molar-refractivity contribution in [2.45, 2.75) is 0 Å². The van der Waals surface area contributed by atoms with Crippen LogP contribution in [0.2, 0.25) is 0 Å². The third-order valence-electron chi connectivity index (χ3n) is 9.55. The van der Waals surface area contributed by atoms with Gasteiger partial charge in [-0.15, -0.1) is 11.3 Å². The van der Waals surface area contributed by atoms with Gasteiger partial charge in [0.1, 0.15) is 11.2 Å². The Labute approximate surface area is 302 Å². The van der Waals surface area contributed by atoms with E-state index < -0.39 is 18.1 Å². The number of furan rings is 1. The van der Waals surface area contributed by atoms with Gasteiger partial charge in [-0.3, -0.25) is 0 Å². The largest absolute Gasteiger partial charge is 0.456 e. The summed E-state index contributed by atoms with van der Waals surface area (Å²) in [6.07, 6.45) is 0. The van der Waals surface area contributed by atoms with E-state index in [-0.39, 0.29) is 23.5 Å². The molecule has 0 amide bonds. The van der Waals surface area contributed by atoms with Crippen molar-refractivity contribution in [3.63, 3.8) is 0 Å². The predicted octanol–water partition coefficient (Wildman–Crippen LogP) is 12.2. The number of hydrogen-bond acceptors (Lipinski definition) is 5. The Kier molecular flexibility index (Phi) is 5.08. The van der Waals surface area contributed by atoms with Crippen molar-refractivity contribution in [1.29, 1.82) is 0 Å². The quantitative estimate of drug-likeness (QED) is 0.186. The summed E-state index contributed by atoms with van der Waals surface area (Å²) in [6.45, 7) is 0. The van der Waals surface area contributed by atoms with E-state index >= 15 is 0 Å². The van der Waals surface area contributed by atoms with E-state index in [9.17, 15) is 0 Å². The Balaban J connectivity index is 1.17. The van der Waals surface area contributed by atoms with Crippen LogP contribution < -0.4 is 0 Å². The molecule has 0 saturated carbocycles. The first-order valence-electron chi connectivity index (χ1n) is 19.0. The van der Waals surface area contributed by atoms with Crippen LogP contribution in [0, 0.1) is 0 Å². The molecular weight excluding hydrogens is 645 g/mol. The van der Waals surface area contributed by atoms with Crippen molar-refractivity contribution in [3.05, 3.63) is 158 Å². The topological polar surface area (TPSA) is 56.7 Å². The molecule has 11 aromatic rings. The molecule has 0 aliphatic carbocycles. The summed E-state index contributed by atoms with van der Waals surface area (Å²) in [5, 5.41) is 6.31. The number of thiophene rings is 1. The van der Waals surface area contributed by atoms with E-state index in [0.717, 1.165) is 53.2 Å². The molecule has 0 aliphatic heterocycles. The molecule has 0 fully saturated rings. The van der Waals surface area contributed by atoms with Crippen LogP contribution in [0.15, 0.2) is 162 Å². The maximum Gasteiger partial charge on any atom is 0.164 e. The number of benzene rings is 7. The van der Waals surface area contributed by atoms with Crippen molar-refractivity contribution in [2.24, 2.45) is 0 Å². The average molecular weight is 676 g/mol. The summed E-state index contributed by atoms with van der Waals surface area (Å²) >= 11 is 1.71. The predicted molar refractivity (Wildman–Crippen MR) is 211 cm³/mol. The van der Waals surface area contributed by atoms with Crippen molar-refractivity contribution in [3.8, 4) is 39.9 Å². The SMILES string of the molecule is [2H]c1c([2H])c([2H])c(-c2nc(-c3ccc4oc5ccccc5c4c3)nc(-c3ccc4sc5cccc(-n6c7ccccc7c7ccccc76)c5c4c3)n2)c([2H])c1[2H]. The first-order valence-corrected chi connectivity index (χ1v) is 17.3. The molecule has 4 aromatic heterocycles. The zero-order valence-corrected chi connectivity index (χ0v) is 27.5. The maximum absolute atomic E-state index is 8.80. The van der Waals surface area contributed by atoms with Gasteiger partial charge in [0.2, 0.25) is 0 Å². The summed E-state index contributed by atoms with van der Waals surface area (Å²) < 4.78 is 53.3. The lowest BCUT2D eigenvalue weighted by Crippen LogP contribution is -2.00. The molecule has 0 atom stereocenters. The Morgan fingerprint density at radius 1 is 0.490 bits per heavy atom. The normalized spacial score (nSPS) is 13.3. The summed E-state index contributed by atoms with van der Waals surface area (Å²) in [7, 11) is 0. The standard InChI is InChI=1S/C45H26N4OS/c1-2-11-27(12-3-1)43-46-44(28-21-23-39-33(25-28)32-15-6-9-19-38(32)50-39)48-45(47-43)29-22-24-40-34(26-29)42-37(18-10-20-41(42)51-40)49-35-16-7-4-13-30(35)31-14-5-8-17-36(31)49/h1-26H/i1D,2D,3D,11D,12D. The van der Waals surface area contributed by atoms with Gasteiger partial charge < -0.3 is 8.98 Å². The minimum atomic E-state index is -0.482. The van der Waals surface area contributed by atoms with Gasteiger partial charge in [0, 0.05) is 58.4 Å². The van der Waals surface area contributed by atoms with Gasteiger partial charge in [0.15, 0.2) is 17.5 Å². The van der Waals surface area contributed by atoms with E-state index in [4.69, 9.17) is 26.2 Å². The first kappa shape index (κ1) is 23.7. The van der Waals surface area contributed by atoms with Crippen LogP contribution in [-0.2, 0) is 0 Å². The first-order chi connectivity index (χ1) is 27.3. The molecule has 7 aromatic carbocycles. The van der Waals surface area contributed by atoms with Crippen LogP contribution >= 0.6 is 11.3 Å². The lowest BCUT2D eigenvalue weighted by atomic mass is 10.1. The van der Waals surface area contributed by atoms with Crippen LogP contribution in [0.3, 0.4) is 0 Å². The molecule has 238 valence electrons. The van der Waals surface area contributed by atoms with Crippen LogP contribution in [-0.4, -0.2) is 19.5 Å². The smallest absolute Gasteiger partial charge is 0.164 e. The Bertz CT molecular complexity index is 3380. The second-order valence-corrected chi connectivity index (χ2v) is 13.5. The number of fused-ring (bicyclic) bond motifs is 9. The zero-order chi connectivity index (χ0) is 37.8. The number of aromatic nitrogens is 4. The van der Waals surface area contributed by atoms with Gasteiger partial charge in [-0.05, 0) is 66.7 Å². The molecule has 5 nitrogen and oxygen atoms in total. The lowest BCUT2D eigenvalue weighted by molar-refractivity contribution is 0.669. The number of rotatable bonds is 4. The van der Waals surface area contributed by atoms with Gasteiger partial charge in [-0.2, -0.15) is 0 Å². The van der Waals surface area contributed by atoms with Gasteiger partial charge in [-0.25, -0.2) is 15.0 Å². The monoisotopic (exact) mass is 675 g/mol. The fraction of sp³-hybridized carbons (Fsp3) is 0. The fourth-order valence-corrected chi connectivity index (χ4v) is 8.40. The van der Waals surface area contributed by atoms with Crippen LogP contribution in [0.25, 0.3) is 104 Å². The molecule has 0 aliphatic rings. The number of nitrogens with zero attached hydrogens (tertiary/aromatic N) is 4. The number of para-hydroxylation sites is 3. The van der Waals surface area contributed by atoms with Crippen LogP contribution in [0.1, 0.15) is 6.85 Å². The molecule has 0 spiro atoms. The molecule has 0 radical (unpaired) electrons. The molecular formula is C45H26N4OS. The van der Waals surface area contributed by atoms with E-state index in [1.54, 1.807) is 11.3 Å². The van der Waals surface area contributed by atoms with E-state index in [2.05, 4.69) is 83.4 Å². The van der Waals surface area contributed by atoms with Crippen LogP contribution in [0.5, 0.6) is 0 Å². The second kappa shape index (κ2) is 10.9. The van der Waals surface area contributed by atoms with Crippen molar-refractivity contribution < 1.29 is 11.3 Å². The molecule has 11 rings (SSSR count). The van der Waals surface area contributed by atoms with Gasteiger partial charge in [0.05, 0.1) is 23.6 Å². The highest BCUT2D eigenvalue weighted by Gasteiger charge is 2.19. The Hall–Kier alpha value is -6.63. The zero-order valence-electron chi connectivity index (χ0n) is 31.7. The van der Waals surface area contributed by atoms with Gasteiger partial charge >= 0.3 is 0 Å². The summed E-state index contributed by atoms with van der Waals surface area (Å²) in [5.74, 6) is 0.593. The van der Waals surface area contributed by atoms with Gasteiger partial charge in [-0.1, -0.05) is 90.9 Å². The van der Waals surface area contributed by atoms with Crippen molar-refractivity contribution in [1.82, 2.24) is 19.5 Å². The average Bonchev–Trinajstić information content (AvgIpc) is 3.91. The summed E-state index contributed by atoms with van der Waals surface area (Å²) in [6, 6.07) is 40.8. The third-order valence-corrected chi connectivity index (χ3v) is 10.7. The molecule has 0 N–H and O–H groups in total. The van der Waals surface area contributed by atoms with Crippen LogP contribution in [0.4, 0.5) is 0 Å².